The first-order valence-corrected chi connectivity index (χ1v) is 11.7. The van der Waals surface area contributed by atoms with Crippen molar-refractivity contribution in [1.82, 2.24) is 19.4 Å². The molecule has 1 aliphatic carbocycles. The van der Waals surface area contributed by atoms with E-state index in [1.807, 2.05) is 26.4 Å². The number of pyridine rings is 1. The quantitative estimate of drug-likeness (QED) is 0.571. The molecule has 3 aromatic rings. The van der Waals surface area contributed by atoms with Gasteiger partial charge in [-0.1, -0.05) is 12.1 Å². The summed E-state index contributed by atoms with van der Waals surface area (Å²) in [6, 6.07) is 8.62. The minimum Gasteiger partial charge on any atom is -0.468 e. The molecule has 7 nitrogen and oxygen atoms in total. The molecule has 2 aromatic heterocycles. The highest BCUT2D eigenvalue weighted by molar-refractivity contribution is 5.88. The van der Waals surface area contributed by atoms with Crippen LogP contribution in [0.3, 0.4) is 0 Å². The van der Waals surface area contributed by atoms with Gasteiger partial charge in [-0.05, 0) is 68.8 Å². The van der Waals surface area contributed by atoms with E-state index in [0.29, 0.717) is 12.5 Å². The molecule has 1 saturated heterocycles. The van der Waals surface area contributed by atoms with Gasteiger partial charge in [0.15, 0.2) is 0 Å². The second-order valence-corrected chi connectivity index (χ2v) is 9.15. The lowest BCUT2D eigenvalue weighted by molar-refractivity contribution is -0.142. The number of anilines is 1. The molecule has 0 bridgehead atoms. The molecule has 0 unspecified atom stereocenters. The summed E-state index contributed by atoms with van der Waals surface area (Å²) >= 11 is 0. The third-order valence-electron chi connectivity index (χ3n) is 6.96. The monoisotopic (exact) mass is 445 g/mol. The van der Waals surface area contributed by atoms with Gasteiger partial charge in [-0.15, -0.1) is 0 Å². The number of nitrogens with one attached hydrogen (secondary N) is 1. The third kappa shape index (κ3) is 4.64. The molecular weight excluding hydrogens is 414 g/mol. The molecule has 172 valence electrons. The van der Waals surface area contributed by atoms with Gasteiger partial charge in [0.25, 0.3) is 0 Å². The number of esters is 1. The third-order valence-corrected chi connectivity index (χ3v) is 6.96. The van der Waals surface area contributed by atoms with E-state index in [0.717, 1.165) is 59.6 Å². The number of fused-ring (bicyclic) bond motifs is 1. The Morgan fingerprint density at radius 2 is 1.91 bits per heavy atom. The van der Waals surface area contributed by atoms with Crippen molar-refractivity contribution in [2.45, 2.75) is 32.6 Å². The van der Waals surface area contributed by atoms with Crippen LogP contribution in [0.25, 0.3) is 22.0 Å². The molecule has 33 heavy (non-hydrogen) atoms. The van der Waals surface area contributed by atoms with Crippen molar-refractivity contribution >= 4 is 22.6 Å². The summed E-state index contributed by atoms with van der Waals surface area (Å²) in [6.07, 6.45) is 8.30. The van der Waals surface area contributed by atoms with Crippen LogP contribution in [0, 0.1) is 12.8 Å². The number of benzene rings is 1. The number of likely N-dealkylation sites (tertiary alicyclic amines) is 1. The Bertz CT molecular complexity index is 1210. The SMILES string of the molecule is COC(=O)CN1CCC(C(Nc2cc3cc(-c4cnc(C)n4C)ccc3cn2)=C2CC2)CC1. The summed E-state index contributed by atoms with van der Waals surface area (Å²) in [5.74, 6) is 2.22. The highest BCUT2D eigenvalue weighted by Crippen LogP contribution is 2.38. The van der Waals surface area contributed by atoms with Crippen LogP contribution < -0.4 is 5.32 Å². The maximum atomic E-state index is 11.6. The van der Waals surface area contributed by atoms with Crippen molar-refractivity contribution in [2.75, 3.05) is 32.1 Å². The van der Waals surface area contributed by atoms with Gasteiger partial charge in [-0.3, -0.25) is 9.69 Å². The fraction of sp³-hybridized carbons (Fsp3) is 0.423. The standard InChI is InChI=1S/C26H31N5O2/c1-17-27-15-23(30(17)2)20-6-7-21-14-28-24(13-22(21)12-20)29-26(18-4-5-18)19-8-10-31(11-9-19)16-25(32)33-3/h6-7,12-15,19H,4-5,8-11,16H2,1-3H3,(H,28,29). The Hall–Kier alpha value is -3.19. The number of aromatic nitrogens is 3. The van der Waals surface area contributed by atoms with Crippen LogP contribution in [0.2, 0.25) is 0 Å². The van der Waals surface area contributed by atoms with E-state index < -0.39 is 0 Å². The van der Waals surface area contributed by atoms with Crippen molar-refractivity contribution < 1.29 is 9.53 Å². The Kier molecular flexibility index (Phi) is 5.89. The van der Waals surface area contributed by atoms with Crippen molar-refractivity contribution in [3.8, 4) is 11.3 Å². The van der Waals surface area contributed by atoms with E-state index in [1.54, 1.807) is 0 Å². The molecule has 2 fully saturated rings. The first kappa shape index (κ1) is 21.6. The van der Waals surface area contributed by atoms with Crippen LogP contribution in [0.1, 0.15) is 31.5 Å². The largest absolute Gasteiger partial charge is 0.468 e. The highest BCUT2D eigenvalue weighted by Gasteiger charge is 2.29. The molecule has 2 aliphatic rings. The lowest BCUT2D eigenvalue weighted by Gasteiger charge is -2.32. The van der Waals surface area contributed by atoms with Crippen LogP contribution in [-0.4, -0.2) is 52.1 Å². The summed E-state index contributed by atoms with van der Waals surface area (Å²) in [5.41, 5.74) is 5.13. The Balaban J connectivity index is 1.34. The van der Waals surface area contributed by atoms with Crippen LogP contribution in [0.4, 0.5) is 5.82 Å². The molecule has 0 radical (unpaired) electrons. The van der Waals surface area contributed by atoms with Gasteiger partial charge < -0.3 is 14.6 Å². The average molecular weight is 446 g/mol. The Labute approximate surface area is 194 Å². The Morgan fingerprint density at radius 3 is 2.58 bits per heavy atom. The predicted octanol–water partition coefficient (Wildman–Crippen LogP) is 4.29. The van der Waals surface area contributed by atoms with E-state index in [-0.39, 0.29) is 5.97 Å². The molecule has 1 aromatic carbocycles. The van der Waals surface area contributed by atoms with E-state index in [2.05, 4.69) is 44.0 Å². The topological polar surface area (TPSA) is 72.3 Å². The van der Waals surface area contributed by atoms with Crippen LogP contribution in [-0.2, 0) is 16.6 Å². The zero-order valence-electron chi connectivity index (χ0n) is 19.6. The van der Waals surface area contributed by atoms with Crippen LogP contribution in [0.5, 0.6) is 0 Å². The number of allylic oxidation sites excluding steroid dienone is 2. The molecule has 1 saturated carbocycles. The van der Waals surface area contributed by atoms with E-state index in [1.165, 1.54) is 31.2 Å². The van der Waals surface area contributed by atoms with Gasteiger partial charge in [0.2, 0.25) is 0 Å². The molecule has 1 N–H and O–H groups in total. The molecule has 0 spiro atoms. The number of hydrogen-bond donors (Lipinski definition) is 1. The average Bonchev–Trinajstić information content (AvgIpc) is 3.62. The fourth-order valence-electron chi connectivity index (χ4n) is 4.71. The number of nitrogens with zero attached hydrogens (tertiary/aromatic N) is 4. The molecule has 5 rings (SSSR count). The van der Waals surface area contributed by atoms with E-state index in [4.69, 9.17) is 9.72 Å². The zero-order chi connectivity index (χ0) is 22.9. The number of methoxy groups -OCH3 is 1. The maximum Gasteiger partial charge on any atom is 0.319 e. The van der Waals surface area contributed by atoms with Crippen molar-refractivity contribution in [3.05, 3.63) is 53.8 Å². The number of ether oxygens (including phenoxy) is 1. The number of imidazole rings is 1. The molecule has 7 heteroatoms. The first-order valence-electron chi connectivity index (χ1n) is 11.7. The van der Waals surface area contributed by atoms with Crippen molar-refractivity contribution in [1.29, 1.82) is 0 Å². The minimum atomic E-state index is -0.159. The molecule has 3 heterocycles. The molecule has 0 atom stereocenters. The first-order chi connectivity index (χ1) is 16.0. The van der Waals surface area contributed by atoms with Crippen molar-refractivity contribution in [2.24, 2.45) is 13.0 Å². The molecule has 0 amide bonds. The van der Waals surface area contributed by atoms with E-state index in [9.17, 15) is 4.79 Å². The lowest BCUT2D eigenvalue weighted by Crippen LogP contribution is -2.38. The second-order valence-electron chi connectivity index (χ2n) is 9.15. The number of rotatable bonds is 6. The summed E-state index contributed by atoms with van der Waals surface area (Å²) in [7, 11) is 3.50. The van der Waals surface area contributed by atoms with Gasteiger partial charge in [0.05, 0.1) is 25.5 Å². The van der Waals surface area contributed by atoms with Gasteiger partial charge >= 0.3 is 5.97 Å². The number of piperidine rings is 1. The summed E-state index contributed by atoms with van der Waals surface area (Å²) in [4.78, 5) is 22.9. The van der Waals surface area contributed by atoms with Gasteiger partial charge in [-0.25, -0.2) is 9.97 Å². The minimum absolute atomic E-state index is 0.159. The normalized spacial score (nSPS) is 16.8. The molecule has 1 aliphatic heterocycles. The number of carbonyl (C=O) groups is 1. The summed E-state index contributed by atoms with van der Waals surface area (Å²) in [5, 5.41) is 5.97. The predicted molar refractivity (Wildman–Crippen MR) is 130 cm³/mol. The summed E-state index contributed by atoms with van der Waals surface area (Å²) in [6.45, 7) is 4.23. The second kappa shape index (κ2) is 8.98. The van der Waals surface area contributed by atoms with Crippen LogP contribution >= 0.6 is 0 Å². The van der Waals surface area contributed by atoms with E-state index >= 15 is 0 Å². The van der Waals surface area contributed by atoms with Crippen molar-refractivity contribution in [3.63, 3.8) is 0 Å². The number of hydrogen-bond acceptors (Lipinski definition) is 6. The van der Waals surface area contributed by atoms with Gasteiger partial charge in [0.1, 0.15) is 11.6 Å². The summed E-state index contributed by atoms with van der Waals surface area (Å²) < 4.78 is 6.93. The highest BCUT2D eigenvalue weighted by atomic mass is 16.5. The maximum absolute atomic E-state index is 11.6. The molecular formula is C26H31N5O2. The Morgan fingerprint density at radius 1 is 1.12 bits per heavy atom. The number of carbonyl (C=O) groups excluding carboxylic acids is 1. The zero-order valence-corrected chi connectivity index (χ0v) is 19.6. The number of aryl methyl sites for hydroxylation is 1. The van der Waals surface area contributed by atoms with Crippen LogP contribution in [0.15, 0.2) is 47.9 Å². The fourth-order valence-corrected chi connectivity index (χ4v) is 4.71. The smallest absolute Gasteiger partial charge is 0.319 e. The van der Waals surface area contributed by atoms with Gasteiger partial charge in [0, 0.05) is 35.8 Å². The lowest BCUT2D eigenvalue weighted by atomic mass is 9.92. The van der Waals surface area contributed by atoms with Gasteiger partial charge in [-0.2, -0.15) is 0 Å².